The fraction of sp³-hybridized carbons (Fsp3) is 0.571. The molecular weight excluding hydrogens is 374 g/mol. The number of hydrogen-bond donors (Lipinski definition) is 4. The third kappa shape index (κ3) is 5.20. The Hall–Kier alpha value is -2.29. The molecule has 1 aromatic carbocycles. The minimum Gasteiger partial charge on any atom is -0.477 e. The molecule has 1 heterocycles. The Balaban J connectivity index is 2.34. The maximum absolute atomic E-state index is 13.4. The van der Waals surface area contributed by atoms with Gasteiger partial charge in [0.15, 0.2) is 12.1 Å². The van der Waals surface area contributed by atoms with Gasteiger partial charge in [0.1, 0.15) is 6.04 Å². The fourth-order valence-electron chi connectivity index (χ4n) is 4.48. The number of likely N-dealkylation sites (tertiary alicyclic amines) is 1. The van der Waals surface area contributed by atoms with Crippen molar-refractivity contribution in [2.45, 2.75) is 63.1 Å². The van der Waals surface area contributed by atoms with Gasteiger partial charge >= 0.3 is 17.8 Å². The quantitative estimate of drug-likeness (QED) is 0.318. The van der Waals surface area contributed by atoms with Crippen molar-refractivity contribution >= 4 is 17.8 Å². The number of aryl methyl sites for hydroxylation is 1. The van der Waals surface area contributed by atoms with E-state index in [-0.39, 0.29) is 19.4 Å². The largest absolute Gasteiger partial charge is 0.477 e. The van der Waals surface area contributed by atoms with Crippen LogP contribution >= 0.6 is 0 Å². The molecule has 1 unspecified atom stereocenters. The Morgan fingerprint density at radius 2 is 1.79 bits per heavy atom. The molecule has 8 nitrogen and oxygen atoms in total. The third-order valence-corrected chi connectivity index (χ3v) is 5.93. The highest BCUT2D eigenvalue weighted by molar-refractivity contribution is 5.84. The highest BCUT2D eigenvalue weighted by atomic mass is 16.4. The molecule has 0 aromatic heterocycles. The van der Waals surface area contributed by atoms with E-state index in [9.17, 15) is 24.6 Å². The normalized spacial score (nSPS) is 23.4. The van der Waals surface area contributed by atoms with Crippen LogP contribution in [0.25, 0.3) is 0 Å². The van der Waals surface area contributed by atoms with Gasteiger partial charge in [-0.25, -0.2) is 18.9 Å². The van der Waals surface area contributed by atoms with Gasteiger partial charge in [-0.1, -0.05) is 30.3 Å². The molecule has 0 aliphatic carbocycles. The van der Waals surface area contributed by atoms with E-state index in [1.807, 2.05) is 30.3 Å². The lowest BCUT2D eigenvalue weighted by atomic mass is 9.97. The number of rotatable bonds is 11. The van der Waals surface area contributed by atoms with Gasteiger partial charge in [0.05, 0.1) is 6.54 Å². The number of aliphatic carboxylic acids is 2. The van der Waals surface area contributed by atoms with Crippen LogP contribution < -0.4 is 11.5 Å². The second kappa shape index (κ2) is 10.5. The molecule has 160 valence electrons. The summed E-state index contributed by atoms with van der Waals surface area (Å²) in [5, 5.41) is 19.8. The minimum absolute atomic E-state index is 0.171. The molecule has 1 aliphatic rings. The van der Waals surface area contributed by atoms with E-state index < -0.39 is 40.5 Å². The summed E-state index contributed by atoms with van der Waals surface area (Å²) in [5.41, 5.74) is 12.6. The first-order valence-corrected chi connectivity index (χ1v) is 10.2. The molecule has 0 radical (unpaired) electrons. The second-order valence-electron chi connectivity index (χ2n) is 7.76. The Morgan fingerprint density at radius 1 is 1.10 bits per heavy atom. The van der Waals surface area contributed by atoms with Crippen molar-refractivity contribution < 1.29 is 29.1 Å². The summed E-state index contributed by atoms with van der Waals surface area (Å²) < 4.78 is -0.596. The monoisotopic (exact) mass is 406 g/mol. The lowest BCUT2D eigenvalue weighted by molar-refractivity contribution is -0.875. The van der Waals surface area contributed by atoms with Crippen LogP contribution in [0.3, 0.4) is 0 Å². The summed E-state index contributed by atoms with van der Waals surface area (Å²) in [6.07, 6.45) is 3.08. The molecule has 8 heteroatoms. The molecule has 0 bridgehead atoms. The highest BCUT2D eigenvalue weighted by Gasteiger charge is 2.59. The van der Waals surface area contributed by atoms with E-state index in [1.54, 1.807) is 0 Å². The zero-order valence-corrected chi connectivity index (χ0v) is 16.7. The Labute approximate surface area is 171 Å². The first kappa shape index (κ1) is 23.0. The van der Waals surface area contributed by atoms with Gasteiger partial charge in [0, 0.05) is 19.3 Å². The summed E-state index contributed by atoms with van der Waals surface area (Å²) in [4.78, 5) is 37.7. The van der Waals surface area contributed by atoms with E-state index in [0.29, 0.717) is 38.6 Å². The summed E-state index contributed by atoms with van der Waals surface area (Å²) in [6, 6.07) is 6.25. The van der Waals surface area contributed by atoms with Gasteiger partial charge in [-0.05, 0) is 37.8 Å². The predicted molar refractivity (Wildman–Crippen MR) is 108 cm³/mol. The maximum Gasteiger partial charge on any atom is 0.363 e. The molecule has 0 saturated carbocycles. The molecule has 1 aliphatic heterocycles. The van der Waals surface area contributed by atoms with Crippen molar-refractivity contribution in [2.75, 3.05) is 13.1 Å². The number of nitrogens with two attached hydrogens (primary N) is 2. The van der Waals surface area contributed by atoms with Crippen LogP contribution in [0.1, 0.15) is 44.1 Å². The van der Waals surface area contributed by atoms with E-state index in [0.717, 1.165) is 5.56 Å². The number of carboxylic acids is 2. The number of quaternary nitrogens is 1. The van der Waals surface area contributed by atoms with Gasteiger partial charge in [0.25, 0.3) is 0 Å². The summed E-state index contributed by atoms with van der Waals surface area (Å²) in [7, 11) is 0. The van der Waals surface area contributed by atoms with Gasteiger partial charge in [0.2, 0.25) is 0 Å². The number of amides is 1. The highest BCUT2D eigenvalue weighted by Crippen LogP contribution is 2.35. The standard InChI is InChI=1S/C21H31N3O5/c22-13-5-4-9-16(23)19(25)24(14-6-10-17(24)20(26)27)18(21(28)29)12-11-15-7-2-1-3-8-15/h1-3,7-8,16-18H,4-6,9-14,22-23H2,(H-,26,27,28,29)/p+1/t16-,17-,18-,24?/m0/s1. The lowest BCUT2D eigenvalue weighted by Crippen LogP contribution is -2.69. The molecule has 6 N–H and O–H groups in total. The predicted octanol–water partition coefficient (Wildman–Crippen LogP) is 1.12. The molecular formula is C21H32N3O5+. The number of carbonyl (C=O) groups is 3. The molecule has 0 spiro atoms. The molecule has 29 heavy (non-hydrogen) atoms. The van der Waals surface area contributed by atoms with Crippen LogP contribution in [0.2, 0.25) is 0 Å². The van der Waals surface area contributed by atoms with Crippen LogP contribution in [-0.2, 0) is 20.8 Å². The molecule has 4 atom stereocenters. The van der Waals surface area contributed by atoms with Crippen molar-refractivity contribution in [1.29, 1.82) is 0 Å². The number of carboxylic acid groups (broad SMARTS) is 2. The average Bonchev–Trinajstić information content (AvgIpc) is 3.14. The maximum atomic E-state index is 13.4. The molecule has 1 aromatic rings. The van der Waals surface area contributed by atoms with Crippen molar-refractivity contribution in [3.8, 4) is 0 Å². The van der Waals surface area contributed by atoms with Crippen LogP contribution in [0.15, 0.2) is 30.3 Å². The zero-order valence-electron chi connectivity index (χ0n) is 16.7. The topological polar surface area (TPSA) is 144 Å². The van der Waals surface area contributed by atoms with E-state index in [1.165, 1.54) is 0 Å². The van der Waals surface area contributed by atoms with E-state index in [2.05, 4.69) is 0 Å². The van der Waals surface area contributed by atoms with Gasteiger partial charge in [-0.3, -0.25) is 0 Å². The van der Waals surface area contributed by atoms with E-state index in [4.69, 9.17) is 11.5 Å². The van der Waals surface area contributed by atoms with Crippen LogP contribution in [0.4, 0.5) is 0 Å². The van der Waals surface area contributed by atoms with Crippen molar-refractivity contribution in [3.05, 3.63) is 35.9 Å². The van der Waals surface area contributed by atoms with E-state index >= 15 is 0 Å². The number of nitrogens with zero attached hydrogens (tertiary/aromatic N) is 1. The summed E-state index contributed by atoms with van der Waals surface area (Å²) >= 11 is 0. The molecule has 2 rings (SSSR count). The second-order valence-corrected chi connectivity index (χ2v) is 7.76. The number of carbonyl (C=O) groups excluding carboxylic acids is 1. The lowest BCUT2D eigenvalue weighted by Gasteiger charge is -2.41. The summed E-state index contributed by atoms with van der Waals surface area (Å²) in [5.74, 6) is -2.78. The fourth-order valence-corrected chi connectivity index (χ4v) is 4.48. The van der Waals surface area contributed by atoms with Crippen molar-refractivity contribution in [1.82, 2.24) is 0 Å². The first-order chi connectivity index (χ1) is 13.8. The minimum atomic E-state index is -1.16. The summed E-state index contributed by atoms with van der Waals surface area (Å²) in [6.45, 7) is 0.666. The Kier molecular flexibility index (Phi) is 8.31. The number of hydrogen-bond acceptors (Lipinski definition) is 5. The smallest absolute Gasteiger partial charge is 0.363 e. The number of benzene rings is 1. The van der Waals surface area contributed by atoms with Crippen molar-refractivity contribution in [3.63, 3.8) is 0 Å². The molecule has 1 amide bonds. The molecule has 1 saturated heterocycles. The number of unbranched alkanes of at least 4 members (excludes halogenated alkanes) is 1. The Morgan fingerprint density at radius 3 is 2.38 bits per heavy atom. The zero-order chi connectivity index (χ0) is 21.4. The average molecular weight is 407 g/mol. The van der Waals surface area contributed by atoms with Crippen LogP contribution in [0.5, 0.6) is 0 Å². The van der Waals surface area contributed by atoms with Gasteiger partial charge < -0.3 is 21.7 Å². The van der Waals surface area contributed by atoms with Gasteiger partial charge in [-0.2, -0.15) is 0 Å². The van der Waals surface area contributed by atoms with Gasteiger partial charge in [-0.15, -0.1) is 0 Å². The molecule has 1 fully saturated rings. The van der Waals surface area contributed by atoms with Crippen LogP contribution in [0, 0.1) is 0 Å². The van der Waals surface area contributed by atoms with Crippen molar-refractivity contribution in [2.24, 2.45) is 11.5 Å². The first-order valence-electron chi connectivity index (χ1n) is 10.2. The Bertz CT molecular complexity index is 712. The van der Waals surface area contributed by atoms with Crippen LogP contribution in [-0.4, -0.2) is 63.8 Å². The SMILES string of the molecule is NCCCC[C@H](N)C(=O)[N+]1([C@@H](CCc2ccccc2)C(=O)O)CCC[C@H]1C(=O)O. The third-order valence-electron chi connectivity index (χ3n) is 5.93.